The van der Waals surface area contributed by atoms with Crippen molar-refractivity contribution >= 4 is 5.96 Å². The standard InChI is InChI=1S/C20H28F3N5O/c1-6-24-19(26-14(3)12-29-5)25-11-16-7-8-17(10-18(16)20(21,22)23)28-15(4)9-13(2)27-28/h7-10,14H,6,11-12H2,1-5H3,(H2,24,25,26). The molecular weight excluding hydrogens is 383 g/mol. The van der Waals surface area contributed by atoms with Crippen LogP contribution < -0.4 is 10.6 Å². The number of hydrogen-bond donors (Lipinski definition) is 2. The molecule has 160 valence electrons. The highest BCUT2D eigenvalue weighted by Crippen LogP contribution is 2.34. The molecule has 0 saturated heterocycles. The molecule has 2 rings (SSSR count). The Morgan fingerprint density at radius 3 is 2.55 bits per heavy atom. The molecule has 0 aliphatic carbocycles. The largest absolute Gasteiger partial charge is 0.416 e. The third kappa shape index (κ3) is 6.22. The SMILES string of the molecule is CCNC(=NCc1ccc(-n2nc(C)cc2C)cc1C(F)(F)F)NC(C)COC. The van der Waals surface area contributed by atoms with Crippen LogP contribution in [0.1, 0.15) is 36.4 Å². The molecule has 6 nitrogen and oxygen atoms in total. The monoisotopic (exact) mass is 411 g/mol. The first-order chi connectivity index (χ1) is 13.7. The summed E-state index contributed by atoms with van der Waals surface area (Å²) < 4.78 is 47.7. The van der Waals surface area contributed by atoms with E-state index in [1.165, 1.54) is 10.7 Å². The first-order valence-corrected chi connectivity index (χ1v) is 9.43. The van der Waals surface area contributed by atoms with Crippen LogP contribution in [-0.4, -0.2) is 42.0 Å². The molecule has 0 aliphatic rings. The van der Waals surface area contributed by atoms with Gasteiger partial charge in [0.25, 0.3) is 0 Å². The minimum absolute atomic E-state index is 0.0340. The van der Waals surface area contributed by atoms with Gasteiger partial charge in [0.2, 0.25) is 0 Å². The summed E-state index contributed by atoms with van der Waals surface area (Å²) in [6, 6.07) is 6.00. The lowest BCUT2D eigenvalue weighted by Gasteiger charge is -2.18. The van der Waals surface area contributed by atoms with Crippen LogP contribution in [0.2, 0.25) is 0 Å². The smallest absolute Gasteiger partial charge is 0.383 e. The topological polar surface area (TPSA) is 63.5 Å². The molecule has 0 bridgehead atoms. The average Bonchev–Trinajstić information content (AvgIpc) is 2.97. The van der Waals surface area contributed by atoms with Gasteiger partial charge in [0.05, 0.1) is 30.1 Å². The van der Waals surface area contributed by atoms with Gasteiger partial charge in [-0.2, -0.15) is 18.3 Å². The van der Waals surface area contributed by atoms with Gasteiger partial charge >= 0.3 is 6.18 Å². The highest BCUT2D eigenvalue weighted by Gasteiger charge is 2.33. The van der Waals surface area contributed by atoms with Crippen molar-refractivity contribution in [2.24, 2.45) is 4.99 Å². The average molecular weight is 411 g/mol. The molecule has 2 aromatic rings. The fourth-order valence-electron chi connectivity index (χ4n) is 3.00. The molecule has 0 fully saturated rings. The van der Waals surface area contributed by atoms with Gasteiger partial charge in [-0.05, 0) is 51.5 Å². The molecule has 9 heteroatoms. The third-order valence-corrected chi connectivity index (χ3v) is 4.20. The van der Waals surface area contributed by atoms with Crippen LogP contribution in [0.15, 0.2) is 29.3 Å². The zero-order chi connectivity index (χ0) is 21.6. The highest BCUT2D eigenvalue weighted by atomic mass is 19.4. The van der Waals surface area contributed by atoms with Gasteiger partial charge in [-0.15, -0.1) is 0 Å². The fourth-order valence-corrected chi connectivity index (χ4v) is 3.00. The van der Waals surface area contributed by atoms with Crippen molar-refractivity contribution in [1.82, 2.24) is 20.4 Å². The quantitative estimate of drug-likeness (QED) is 0.540. The Bertz CT molecular complexity index is 845. The number of benzene rings is 1. The molecule has 1 aromatic carbocycles. The van der Waals surface area contributed by atoms with Gasteiger partial charge < -0.3 is 15.4 Å². The van der Waals surface area contributed by atoms with Crippen molar-refractivity contribution in [1.29, 1.82) is 0 Å². The summed E-state index contributed by atoms with van der Waals surface area (Å²) in [5, 5.41) is 10.4. The van der Waals surface area contributed by atoms with Gasteiger partial charge in [-0.1, -0.05) is 6.07 Å². The van der Waals surface area contributed by atoms with Crippen LogP contribution in [0.25, 0.3) is 5.69 Å². The number of aromatic nitrogens is 2. The molecule has 0 saturated carbocycles. The van der Waals surface area contributed by atoms with Crippen molar-refractivity contribution in [3.63, 3.8) is 0 Å². The van der Waals surface area contributed by atoms with Gasteiger partial charge in [0.15, 0.2) is 5.96 Å². The molecule has 0 amide bonds. The van der Waals surface area contributed by atoms with Crippen molar-refractivity contribution in [2.75, 3.05) is 20.3 Å². The Morgan fingerprint density at radius 2 is 2.00 bits per heavy atom. The van der Waals surface area contributed by atoms with E-state index in [-0.39, 0.29) is 18.2 Å². The van der Waals surface area contributed by atoms with Crippen LogP contribution in [0.4, 0.5) is 13.2 Å². The Hall–Kier alpha value is -2.55. The maximum absolute atomic E-state index is 13.7. The lowest BCUT2D eigenvalue weighted by Crippen LogP contribution is -2.43. The number of alkyl halides is 3. The van der Waals surface area contributed by atoms with E-state index in [2.05, 4.69) is 20.7 Å². The summed E-state index contributed by atoms with van der Waals surface area (Å²) in [5.74, 6) is 0.438. The Balaban J connectivity index is 2.34. The van der Waals surface area contributed by atoms with Crippen molar-refractivity contribution in [3.8, 4) is 5.69 Å². The summed E-state index contributed by atoms with van der Waals surface area (Å²) in [5.41, 5.74) is 1.27. The van der Waals surface area contributed by atoms with Gasteiger partial charge in [0.1, 0.15) is 0 Å². The molecule has 2 N–H and O–H groups in total. The van der Waals surface area contributed by atoms with Crippen LogP contribution in [-0.2, 0) is 17.5 Å². The number of nitrogens with one attached hydrogen (secondary N) is 2. The van der Waals surface area contributed by atoms with E-state index in [1.54, 1.807) is 27.0 Å². The Morgan fingerprint density at radius 1 is 1.28 bits per heavy atom. The second-order valence-electron chi connectivity index (χ2n) is 6.87. The van der Waals surface area contributed by atoms with Crippen molar-refractivity contribution < 1.29 is 17.9 Å². The van der Waals surface area contributed by atoms with E-state index in [0.717, 1.165) is 17.5 Å². The number of aliphatic imine (C=N–C) groups is 1. The normalized spacial score (nSPS) is 13.4. The molecule has 1 atom stereocenters. The first kappa shape index (κ1) is 22.7. The lowest BCUT2D eigenvalue weighted by molar-refractivity contribution is -0.138. The van der Waals surface area contributed by atoms with Gasteiger partial charge in [0, 0.05) is 25.4 Å². The van der Waals surface area contributed by atoms with Crippen LogP contribution in [0, 0.1) is 13.8 Å². The summed E-state index contributed by atoms with van der Waals surface area (Å²) >= 11 is 0. The molecule has 1 aromatic heterocycles. The number of halogens is 3. The number of hydrogen-bond acceptors (Lipinski definition) is 3. The van der Waals surface area contributed by atoms with Crippen LogP contribution >= 0.6 is 0 Å². The maximum atomic E-state index is 13.7. The van der Waals surface area contributed by atoms with E-state index in [4.69, 9.17) is 4.74 Å². The summed E-state index contributed by atoms with van der Waals surface area (Å²) in [4.78, 5) is 4.32. The molecule has 1 heterocycles. The summed E-state index contributed by atoms with van der Waals surface area (Å²) in [6.07, 6.45) is -4.49. The minimum Gasteiger partial charge on any atom is -0.383 e. The van der Waals surface area contributed by atoms with Gasteiger partial charge in [-0.25, -0.2) is 9.67 Å². The Kier molecular flexibility index (Phi) is 7.66. The van der Waals surface area contributed by atoms with Crippen molar-refractivity contribution in [3.05, 3.63) is 46.8 Å². The number of rotatable bonds is 7. The summed E-state index contributed by atoms with van der Waals surface area (Å²) in [7, 11) is 1.59. The van der Waals surface area contributed by atoms with Gasteiger partial charge in [-0.3, -0.25) is 0 Å². The predicted octanol–water partition coefficient (Wildman–Crippen LogP) is 3.60. The molecular formula is C20H28F3N5O. The second kappa shape index (κ2) is 9.78. The Labute approximate surface area is 169 Å². The van der Waals surface area contributed by atoms with E-state index < -0.39 is 11.7 Å². The fraction of sp³-hybridized carbons (Fsp3) is 0.500. The second-order valence-corrected chi connectivity index (χ2v) is 6.87. The third-order valence-electron chi connectivity index (χ3n) is 4.20. The molecule has 29 heavy (non-hydrogen) atoms. The lowest BCUT2D eigenvalue weighted by atomic mass is 10.1. The molecule has 0 spiro atoms. The van der Waals surface area contributed by atoms with E-state index in [0.29, 0.717) is 24.8 Å². The maximum Gasteiger partial charge on any atom is 0.416 e. The number of aryl methyl sites for hydroxylation is 2. The van der Waals surface area contributed by atoms with Crippen LogP contribution in [0.5, 0.6) is 0 Å². The molecule has 0 aliphatic heterocycles. The molecule has 0 radical (unpaired) electrons. The number of guanidine groups is 1. The number of nitrogens with zero attached hydrogens (tertiary/aromatic N) is 3. The zero-order valence-electron chi connectivity index (χ0n) is 17.4. The van der Waals surface area contributed by atoms with E-state index >= 15 is 0 Å². The predicted molar refractivity (Wildman–Crippen MR) is 107 cm³/mol. The minimum atomic E-state index is -4.49. The highest BCUT2D eigenvalue weighted by molar-refractivity contribution is 5.80. The van der Waals surface area contributed by atoms with E-state index in [9.17, 15) is 13.2 Å². The van der Waals surface area contributed by atoms with Crippen LogP contribution in [0.3, 0.4) is 0 Å². The molecule has 1 unspecified atom stereocenters. The first-order valence-electron chi connectivity index (χ1n) is 9.43. The van der Waals surface area contributed by atoms with E-state index in [1.807, 2.05) is 19.9 Å². The van der Waals surface area contributed by atoms with Crippen molar-refractivity contribution in [2.45, 2.75) is 46.5 Å². The summed E-state index contributed by atoms with van der Waals surface area (Å²) in [6.45, 7) is 8.34. The number of ether oxygens (including phenoxy) is 1. The zero-order valence-corrected chi connectivity index (χ0v) is 17.4. The number of methoxy groups -OCH3 is 1.